The van der Waals surface area contributed by atoms with Gasteiger partial charge < -0.3 is 5.32 Å². The van der Waals surface area contributed by atoms with Crippen LogP contribution in [0.5, 0.6) is 0 Å². The number of aromatic nitrogens is 4. The van der Waals surface area contributed by atoms with Crippen molar-refractivity contribution in [2.75, 3.05) is 5.32 Å². The number of halogens is 1. The van der Waals surface area contributed by atoms with Gasteiger partial charge in [-0.05, 0) is 43.7 Å². The number of fused-ring (bicyclic) bond motifs is 3. The number of anilines is 1. The van der Waals surface area contributed by atoms with Crippen molar-refractivity contribution < 1.29 is 4.39 Å². The molecular formula is C19H18FN5O. The Morgan fingerprint density at radius 3 is 2.73 bits per heavy atom. The molecule has 0 fully saturated rings. The minimum atomic E-state index is -0.311. The lowest BCUT2D eigenvalue weighted by molar-refractivity contribution is 0.628. The van der Waals surface area contributed by atoms with Crippen molar-refractivity contribution in [2.45, 2.75) is 26.9 Å². The molecule has 0 saturated carbocycles. The molecule has 0 radical (unpaired) electrons. The van der Waals surface area contributed by atoms with Gasteiger partial charge in [0, 0.05) is 6.54 Å². The zero-order chi connectivity index (χ0) is 18.3. The lowest BCUT2D eigenvalue weighted by Crippen LogP contribution is -2.23. The third kappa shape index (κ3) is 2.52. The van der Waals surface area contributed by atoms with E-state index in [4.69, 9.17) is 0 Å². The van der Waals surface area contributed by atoms with Crippen LogP contribution in [-0.2, 0) is 13.1 Å². The molecule has 0 unspecified atom stereocenters. The lowest BCUT2D eigenvalue weighted by atomic mass is 10.2. The smallest absolute Gasteiger partial charge is 0.262 e. The second-order valence-electron chi connectivity index (χ2n) is 6.16. The van der Waals surface area contributed by atoms with Crippen molar-refractivity contribution in [1.82, 2.24) is 19.2 Å². The summed E-state index contributed by atoms with van der Waals surface area (Å²) < 4.78 is 17.5. The van der Waals surface area contributed by atoms with Crippen LogP contribution in [-0.4, -0.2) is 19.2 Å². The van der Waals surface area contributed by atoms with E-state index in [1.165, 1.54) is 6.07 Å². The summed E-state index contributed by atoms with van der Waals surface area (Å²) >= 11 is 0. The molecule has 6 nitrogen and oxygen atoms in total. The van der Waals surface area contributed by atoms with Crippen LogP contribution in [0.15, 0.2) is 47.3 Å². The van der Waals surface area contributed by atoms with E-state index in [-0.39, 0.29) is 17.9 Å². The van der Waals surface area contributed by atoms with E-state index in [0.29, 0.717) is 29.2 Å². The molecule has 26 heavy (non-hydrogen) atoms. The molecule has 0 atom stereocenters. The molecule has 0 bridgehead atoms. The average molecular weight is 351 g/mol. The van der Waals surface area contributed by atoms with Gasteiger partial charge in [0.2, 0.25) is 5.78 Å². The fourth-order valence-corrected chi connectivity index (χ4v) is 3.15. The summed E-state index contributed by atoms with van der Waals surface area (Å²) in [5, 5.41) is 12.1. The van der Waals surface area contributed by atoms with Gasteiger partial charge in [0.25, 0.3) is 5.56 Å². The van der Waals surface area contributed by atoms with Gasteiger partial charge >= 0.3 is 0 Å². The van der Waals surface area contributed by atoms with Crippen LogP contribution < -0.4 is 10.9 Å². The molecule has 7 heteroatoms. The minimum absolute atomic E-state index is 0.0907. The van der Waals surface area contributed by atoms with Crippen molar-refractivity contribution >= 4 is 22.4 Å². The maximum Gasteiger partial charge on any atom is 0.262 e. The van der Waals surface area contributed by atoms with E-state index in [1.807, 2.05) is 42.5 Å². The summed E-state index contributed by atoms with van der Waals surface area (Å²) in [6, 6.07) is 12.4. The highest BCUT2D eigenvalue weighted by atomic mass is 19.1. The van der Waals surface area contributed by atoms with Gasteiger partial charge in [0.1, 0.15) is 5.82 Å². The molecule has 1 N–H and O–H groups in total. The number of nitrogens with one attached hydrogen (secondary N) is 1. The lowest BCUT2D eigenvalue weighted by Gasteiger charge is -2.11. The highest BCUT2D eigenvalue weighted by Gasteiger charge is 2.15. The number of nitrogens with zero attached hydrogens (tertiary/aromatic N) is 4. The SMILES string of the molecule is CCn1c(=O)c2ccccc2n2c(CNc3ccc(C)cc3F)nnc12. The number of hydrogen-bond acceptors (Lipinski definition) is 4. The predicted molar refractivity (Wildman–Crippen MR) is 98.9 cm³/mol. The molecule has 4 aromatic rings. The number of rotatable bonds is 4. The first-order valence-corrected chi connectivity index (χ1v) is 8.45. The van der Waals surface area contributed by atoms with Gasteiger partial charge in [-0.3, -0.25) is 13.8 Å². The highest BCUT2D eigenvalue weighted by Crippen LogP contribution is 2.18. The zero-order valence-electron chi connectivity index (χ0n) is 14.5. The zero-order valence-corrected chi connectivity index (χ0v) is 14.5. The molecule has 0 aliphatic rings. The van der Waals surface area contributed by atoms with E-state index in [9.17, 15) is 9.18 Å². The minimum Gasteiger partial charge on any atom is -0.375 e. The predicted octanol–water partition coefficient (Wildman–Crippen LogP) is 3.12. The van der Waals surface area contributed by atoms with Crippen molar-refractivity contribution in [1.29, 1.82) is 0 Å². The van der Waals surface area contributed by atoms with Gasteiger partial charge in [0.05, 0.1) is 23.1 Å². The van der Waals surface area contributed by atoms with E-state index >= 15 is 0 Å². The molecule has 0 saturated heterocycles. The normalized spacial score (nSPS) is 11.3. The van der Waals surface area contributed by atoms with Crippen LogP contribution >= 0.6 is 0 Å². The number of benzene rings is 2. The monoisotopic (exact) mass is 351 g/mol. The molecule has 0 spiro atoms. The second kappa shape index (κ2) is 6.25. The Bertz CT molecular complexity index is 1180. The molecule has 2 aromatic heterocycles. The second-order valence-corrected chi connectivity index (χ2v) is 6.16. The van der Waals surface area contributed by atoms with Crippen LogP contribution in [0.2, 0.25) is 0 Å². The average Bonchev–Trinajstić information content (AvgIpc) is 3.05. The van der Waals surface area contributed by atoms with Crippen molar-refractivity contribution in [3.63, 3.8) is 0 Å². The molecule has 2 aromatic carbocycles. The Morgan fingerprint density at radius 1 is 1.15 bits per heavy atom. The number of hydrogen-bond donors (Lipinski definition) is 1. The van der Waals surface area contributed by atoms with Crippen LogP contribution in [0.3, 0.4) is 0 Å². The molecular weight excluding hydrogens is 333 g/mol. The van der Waals surface area contributed by atoms with E-state index in [0.717, 1.165) is 11.1 Å². The molecule has 2 heterocycles. The quantitative estimate of drug-likeness (QED) is 0.614. The Balaban J connectivity index is 1.84. The van der Waals surface area contributed by atoms with Gasteiger partial charge in [0.15, 0.2) is 5.82 Å². The van der Waals surface area contributed by atoms with Crippen molar-refractivity contribution in [3.05, 3.63) is 70.0 Å². The largest absolute Gasteiger partial charge is 0.375 e. The highest BCUT2D eigenvalue weighted by molar-refractivity contribution is 5.80. The fraction of sp³-hybridized carbons (Fsp3) is 0.211. The summed E-state index contributed by atoms with van der Waals surface area (Å²) in [5.74, 6) is 0.782. The molecule has 132 valence electrons. The first-order valence-electron chi connectivity index (χ1n) is 8.45. The van der Waals surface area contributed by atoms with Gasteiger partial charge in [-0.2, -0.15) is 0 Å². The van der Waals surface area contributed by atoms with Crippen LogP contribution in [0, 0.1) is 12.7 Å². The fourth-order valence-electron chi connectivity index (χ4n) is 3.15. The van der Waals surface area contributed by atoms with Gasteiger partial charge in [-0.25, -0.2) is 4.39 Å². The molecule has 4 rings (SSSR count). The van der Waals surface area contributed by atoms with Crippen molar-refractivity contribution in [3.8, 4) is 0 Å². The topological polar surface area (TPSA) is 64.2 Å². The van der Waals surface area contributed by atoms with Crippen LogP contribution in [0.1, 0.15) is 18.3 Å². The molecule has 0 aliphatic heterocycles. The van der Waals surface area contributed by atoms with Gasteiger partial charge in [-0.15, -0.1) is 10.2 Å². The van der Waals surface area contributed by atoms with E-state index in [2.05, 4.69) is 15.5 Å². The third-order valence-electron chi connectivity index (χ3n) is 4.45. The summed E-state index contributed by atoms with van der Waals surface area (Å²) in [6.07, 6.45) is 0. The van der Waals surface area contributed by atoms with E-state index in [1.54, 1.807) is 16.7 Å². The third-order valence-corrected chi connectivity index (χ3v) is 4.45. The van der Waals surface area contributed by atoms with E-state index < -0.39 is 0 Å². The summed E-state index contributed by atoms with van der Waals surface area (Å²) in [5.41, 5.74) is 1.91. The Hall–Kier alpha value is -3.22. The summed E-state index contributed by atoms with van der Waals surface area (Å²) in [4.78, 5) is 12.7. The number of para-hydroxylation sites is 1. The Kier molecular flexibility index (Phi) is 3.91. The van der Waals surface area contributed by atoms with Crippen molar-refractivity contribution in [2.24, 2.45) is 0 Å². The Labute approximate surface area is 148 Å². The summed E-state index contributed by atoms with van der Waals surface area (Å²) in [7, 11) is 0. The summed E-state index contributed by atoms with van der Waals surface area (Å²) in [6.45, 7) is 4.51. The first kappa shape index (κ1) is 16.3. The standard InChI is InChI=1S/C19H18FN5O/c1-3-24-18(26)13-6-4-5-7-16(13)25-17(22-23-19(24)25)11-21-15-9-8-12(2)10-14(15)20/h4-10,21H,3,11H2,1-2H3. The van der Waals surface area contributed by atoms with Crippen LogP contribution in [0.4, 0.5) is 10.1 Å². The molecule has 0 aliphatic carbocycles. The molecule has 0 amide bonds. The maximum absolute atomic E-state index is 14.1. The first-order chi connectivity index (χ1) is 12.6. The van der Waals surface area contributed by atoms with Crippen LogP contribution in [0.25, 0.3) is 16.7 Å². The maximum atomic E-state index is 14.1. The number of aryl methyl sites for hydroxylation is 2. The van der Waals surface area contributed by atoms with Gasteiger partial charge in [-0.1, -0.05) is 18.2 Å². The Morgan fingerprint density at radius 2 is 1.96 bits per heavy atom.